The van der Waals surface area contributed by atoms with Crippen molar-refractivity contribution in [2.75, 3.05) is 13.2 Å². The molecule has 6 heterocycles. The zero-order valence-electron chi connectivity index (χ0n) is 43.0. The van der Waals surface area contributed by atoms with E-state index in [0.29, 0.717) is 11.3 Å². The Hall–Kier alpha value is 2.01. The number of hydrogen-bond acceptors (Lipinski definition) is 17. The first-order valence-electron chi connectivity index (χ1n) is 21.9. The van der Waals surface area contributed by atoms with Gasteiger partial charge in [0.1, 0.15) is 6.61 Å². The number of aromatic nitrogens is 8. The average molecular weight is 1580 g/mol. The molecule has 44 heteroatoms. The summed E-state index contributed by atoms with van der Waals surface area (Å²) in [5.41, 5.74) is 0.701. The minimum absolute atomic E-state index is 0. The normalized spacial score (nSPS) is 20.7. The van der Waals surface area contributed by atoms with Gasteiger partial charge in [-0.05, 0) is 36.3 Å². The lowest BCUT2D eigenvalue weighted by Gasteiger charge is -2.40. The van der Waals surface area contributed by atoms with E-state index in [1.54, 1.807) is 149 Å². The molecule has 0 aliphatic carbocycles. The summed E-state index contributed by atoms with van der Waals surface area (Å²) in [5.74, 6) is -0.123. The molecule has 0 spiro atoms. The predicted octanol–water partition coefficient (Wildman–Crippen LogP) is 5.33. The maximum Gasteiger partial charge on any atom is 0.694 e. The van der Waals surface area contributed by atoms with E-state index in [1.807, 2.05) is 13.8 Å². The van der Waals surface area contributed by atoms with Crippen molar-refractivity contribution in [3.05, 3.63) is 46.0 Å². The van der Waals surface area contributed by atoms with Crippen LogP contribution in [-0.2, 0) is 241 Å². The van der Waals surface area contributed by atoms with Crippen LogP contribution in [0.2, 0.25) is 36.3 Å². The Kier molecular flexibility index (Phi) is 38.2. The van der Waals surface area contributed by atoms with E-state index in [0.717, 1.165) is 0 Å². The van der Waals surface area contributed by atoms with Gasteiger partial charge in [-0.1, -0.05) is 62.8 Å². The second kappa shape index (κ2) is 39.1. The summed E-state index contributed by atoms with van der Waals surface area (Å²) in [4.78, 5) is 54.9. The fraction of sp³-hybridized carbons (Fsp3) is 0.714. The zero-order valence-corrected chi connectivity index (χ0v) is 64.7. The van der Waals surface area contributed by atoms with Gasteiger partial charge in [0.25, 0.3) is 11.1 Å². The number of nitrogens with one attached hydrogen (secondary N) is 2. The molecule has 0 aromatic carbocycles. The lowest BCUT2D eigenvalue weighted by molar-refractivity contribution is -0.0467. The molecule has 18 nitrogen and oxygen atoms in total. The molecule has 0 radical (unpaired) electrons. The summed E-state index contributed by atoms with van der Waals surface area (Å²) in [6, 6.07) is 0. The Morgan fingerprint density at radius 3 is 1.23 bits per heavy atom. The molecule has 450 valence electrons. The van der Waals surface area contributed by atoms with Gasteiger partial charge in [0.2, 0.25) is 0 Å². The van der Waals surface area contributed by atoms with Crippen LogP contribution in [0.3, 0.4) is 0 Å². The molecule has 0 saturated carbocycles. The van der Waals surface area contributed by atoms with Crippen molar-refractivity contribution in [1.82, 2.24) is 39.0 Å². The predicted molar refractivity (Wildman–Crippen MR) is 386 cm³/mol. The second-order valence-electron chi connectivity index (χ2n) is 18.7. The average Bonchev–Trinajstić information content (AvgIpc) is 4.15. The molecule has 4 aromatic heterocycles. The maximum absolute atomic E-state index is 12.0. The van der Waals surface area contributed by atoms with Crippen molar-refractivity contribution >= 4 is 261 Å². The first-order chi connectivity index (χ1) is 36.8. The van der Waals surface area contributed by atoms with Crippen molar-refractivity contribution in [3.8, 4) is 0 Å². The van der Waals surface area contributed by atoms with Crippen LogP contribution in [0.25, 0.3) is 22.3 Å². The molecule has 79 heavy (non-hydrogen) atoms. The van der Waals surface area contributed by atoms with Gasteiger partial charge in [0.05, 0.1) is 56.3 Å². The van der Waals surface area contributed by atoms with Crippen molar-refractivity contribution < 1.29 is 37.4 Å². The largest absolute Gasteiger partial charge is 0.694 e. The van der Waals surface area contributed by atoms with Gasteiger partial charge in [0.15, 0.2) is 51.4 Å². The fourth-order valence-corrected chi connectivity index (χ4v) is 50.5. The van der Waals surface area contributed by atoms with Gasteiger partial charge >= 0.3 is 8.25 Å². The maximum atomic E-state index is 12.0. The Bertz CT molecular complexity index is 3670. The smallest absolute Gasteiger partial charge is 0.409 e. The summed E-state index contributed by atoms with van der Waals surface area (Å²) < 4.78 is 45.0. The molecule has 2 aliphatic rings. The third-order valence-corrected chi connectivity index (χ3v) is 59.2. The van der Waals surface area contributed by atoms with E-state index in [1.165, 1.54) is 54.5 Å². The van der Waals surface area contributed by atoms with E-state index in [9.17, 15) is 19.3 Å². The van der Waals surface area contributed by atoms with Crippen molar-refractivity contribution in [2.24, 2.45) is 11.8 Å². The Morgan fingerprint density at radius 2 is 0.924 bits per heavy atom. The highest BCUT2D eigenvalue weighted by molar-refractivity contribution is 8.75. The molecule has 6 rings (SSSR count). The van der Waals surface area contributed by atoms with Crippen LogP contribution in [0.1, 0.15) is 75.3 Å². The molecule has 0 amide bonds. The number of aromatic amines is 2. The molecule has 9 atom stereocenters. The highest BCUT2D eigenvalue weighted by Crippen LogP contribution is 2.46. The summed E-state index contributed by atoms with van der Waals surface area (Å²) in [6.07, 6.45) is 3.25. The summed E-state index contributed by atoms with van der Waals surface area (Å²) in [5, 5.41) is 9.74. The third kappa shape index (κ3) is 24.8. The zero-order chi connectivity index (χ0) is 58.3. The van der Waals surface area contributed by atoms with Crippen LogP contribution >= 0.6 is 8.25 Å². The second-order valence-corrected chi connectivity index (χ2v) is 62.5. The van der Waals surface area contributed by atoms with E-state index in [4.69, 9.17) is 27.7 Å². The first kappa shape index (κ1) is 77.1. The van der Waals surface area contributed by atoms with Crippen LogP contribution in [0.5, 0.6) is 0 Å². The van der Waals surface area contributed by atoms with Gasteiger partial charge in [-0.3, -0.25) is 18.7 Å². The molecule has 2 saturated heterocycles. The summed E-state index contributed by atoms with van der Waals surface area (Å²) in [6.45, 7) is 25.6. The molecule has 4 N–H and O–H groups in total. The van der Waals surface area contributed by atoms with Gasteiger partial charge in [0, 0.05) is 230 Å². The fourth-order valence-electron chi connectivity index (χ4n) is 6.32. The van der Waals surface area contributed by atoms with Gasteiger partial charge in [-0.15, -0.1) is 9.42 Å². The van der Waals surface area contributed by atoms with Crippen LogP contribution in [0.4, 0.5) is 0 Å². The van der Waals surface area contributed by atoms with Crippen LogP contribution in [-0.4, -0.2) is 103 Å². The lowest BCUT2D eigenvalue weighted by Crippen LogP contribution is -2.46. The quantitative estimate of drug-likeness (QED) is 0.116. The highest BCUT2D eigenvalue weighted by atomic mass is 33.5. The van der Waals surface area contributed by atoms with Gasteiger partial charge in [-0.25, -0.2) is 19.9 Å². The Morgan fingerprint density at radius 1 is 0.608 bits per heavy atom. The number of rotatable bonds is 10. The summed E-state index contributed by atoms with van der Waals surface area (Å²) in [7, 11) is 23.8. The SMILES string of the molecule is C.C[C@H]1[C@@H](O[Si](C)(C)C(C)(C)C)[C@H](n2cnc3c(=O)[nH]cnc32)O[C@@H]1CO.C[C@H]1[C@@H](O[Si](C)(C)C(C)(C)C)[C@H](n2cnc3c(=O)[nH]cnc32)O[C@@H]1CO[P+](=O)O.S=S=S=S=S=S=S=S=S=S=S.S=S=S=S=S=S=S=S=S=S=S=S. The van der Waals surface area contributed by atoms with Crippen molar-refractivity contribution in [1.29, 1.82) is 0 Å². The van der Waals surface area contributed by atoms with Gasteiger partial charge < -0.3 is 33.4 Å². The Balaban J connectivity index is 0.000000389. The van der Waals surface area contributed by atoms with E-state index < -0.39 is 43.4 Å². The number of ether oxygens (including phenoxy) is 2. The van der Waals surface area contributed by atoms with Crippen molar-refractivity contribution in [2.45, 2.75) is 136 Å². The first-order valence-corrected chi connectivity index (χ1v) is 56.8. The number of imidazole rings is 2. The van der Waals surface area contributed by atoms with Crippen LogP contribution in [0.15, 0.2) is 34.9 Å². The van der Waals surface area contributed by atoms with Crippen LogP contribution < -0.4 is 11.1 Å². The number of aliphatic hydroxyl groups is 1. The molecular weight excluding hydrogens is 1520 g/mol. The van der Waals surface area contributed by atoms with E-state index >= 15 is 0 Å². The van der Waals surface area contributed by atoms with Crippen molar-refractivity contribution in [3.63, 3.8) is 0 Å². The molecule has 0 bridgehead atoms. The number of nitrogens with zero attached hydrogens (tertiary/aromatic N) is 6. The summed E-state index contributed by atoms with van der Waals surface area (Å²) >= 11 is 18.7. The van der Waals surface area contributed by atoms with E-state index in [-0.39, 0.29) is 83.0 Å². The Labute approximate surface area is 536 Å². The number of hydrogen-bond donors (Lipinski definition) is 4. The molecule has 2 fully saturated rings. The minimum atomic E-state index is -2.73. The van der Waals surface area contributed by atoms with E-state index in [2.05, 4.69) is 142 Å². The standard InChI is InChI=1S/C17H27N4O6PSi.C17H28N4O4Si.CH4.S12.S11/c1-10-11(7-25-28(23)24)26-16(13(10)27-29(5,6)17(2,3)4)21-9-20-12-14(21)18-8-19-15(12)22;1-10-11(7-22)24-16(13(10)25-26(5,6)17(2,3)4)21-9-20-12-14(21)18-8-19-15(12)23;;1-3-5-7-9-11-12-10-8-6-4-2;1-3-5-7-9-11-10-8-6-4-2/h8-11,13,16H,7H2,1-6H3,(H-,18,19,22,23,24);8-11,13,16,22H,7H2,1-6H3,(H,18,19,23);1H4;;/p+1/t2*10-,11-,13-,16-;;;/m11.../s1. The number of fused-ring (bicyclic) bond motifs is 2. The molecular formula is C35H60N8O10PS23Si2+. The number of H-pyrrole nitrogens is 2. The molecule has 4 aromatic rings. The monoisotopic (exact) mass is 1570 g/mol. The minimum Gasteiger partial charge on any atom is -0.409 e. The highest BCUT2D eigenvalue weighted by Gasteiger charge is 2.51. The topological polar surface area (TPSA) is 231 Å². The number of aliphatic hydroxyl groups excluding tert-OH is 1. The van der Waals surface area contributed by atoms with Crippen LogP contribution in [0, 0.1) is 11.8 Å². The van der Waals surface area contributed by atoms with Gasteiger partial charge in [-0.2, -0.15) is 0 Å². The molecule has 2 aliphatic heterocycles. The third-order valence-electron chi connectivity index (χ3n) is 12.2. The lowest BCUT2D eigenvalue weighted by atomic mass is 10.0. The molecule has 1 unspecified atom stereocenters.